The first kappa shape index (κ1) is 32.3. The highest BCUT2D eigenvalue weighted by Gasteiger charge is 2.41. The molecule has 4 aromatic carbocycles. The van der Waals surface area contributed by atoms with E-state index in [4.69, 9.17) is 0 Å². The lowest BCUT2D eigenvalue weighted by molar-refractivity contribution is -0.189. The zero-order valence-electron chi connectivity index (χ0n) is 22.1. The number of ether oxygens (including phenoxy) is 1. The summed E-state index contributed by atoms with van der Waals surface area (Å²) in [5, 5.41) is 0. The van der Waals surface area contributed by atoms with Crippen LogP contribution in [0.15, 0.2) is 54.6 Å². The van der Waals surface area contributed by atoms with Crippen LogP contribution in [0.3, 0.4) is 0 Å². The molecule has 0 unspecified atom stereocenters. The fourth-order valence-electron chi connectivity index (χ4n) is 4.31. The summed E-state index contributed by atoms with van der Waals surface area (Å²) in [6, 6.07) is 5.20. The Morgan fingerprint density at radius 2 is 1.18 bits per heavy atom. The van der Waals surface area contributed by atoms with Crippen LogP contribution in [-0.4, -0.2) is 6.18 Å². The van der Waals surface area contributed by atoms with Crippen LogP contribution in [0.5, 0.6) is 5.75 Å². The molecule has 0 amide bonds. The maximum absolute atomic E-state index is 14.9. The molecule has 0 radical (unpaired) electrons. The monoisotopic (exact) mass is 632 g/mol. The van der Waals surface area contributed by atoms with Crippen molar-refractivity contribution in [3.63, 3.8) is 0 Å². The average Bonchev–Trinajstić information content (AvgIpc) is 2.86. The van der Waals surface area contributed by atoms with Crippen molar-refractivity contribution in [3.8, 4) is 39.8 Å². The van der Waals surface area contributed by atoms with E-state index in [9.17, 15) is 52.7 Å². The van der Waals surface area contributed by atoms with Gasteiger partial charge in [-0.15, -0.1) is 0 Å². The minimum Gasteiger partial charge on any atom is -0.429 e. The summed E-state index contributed by atoms with van der Waals surface area (Å²) in [6.07, 6.45) is -9.08. The van der Waals surface area contributed by atoms with Crippen molar-refractivity contribution in [3.05, 3.63) is 112 Å². The largest absolute Gasteiger partial charge is 0.458 e. The minimum atomic E-state index is -5.04. The molecule has 0 aliphatic heterocycles. The van der Waals surface area contributed by atoms with Gasteiger partial charge in [-0.3, -0.25) is 0 Å². The third-order valence-electron chi connectivity index (χ3n) is 6.13. The van der Waals surface area contributed by atoms with Gasteiger partial charge in [-0.1, -0.05) is 31.4 Å². The molecular weight excluding hydrogens is 616 g/mol. The van der Waals surface area contributed by atoms with Crippen molar-refractivity contribution in [1.82, 2.24) is 0 Å². The molecule has 13 heteroatoms. The van der Waals surface area contributed by atoms with Crippen molar-refractivity contribution in [2.45, 2.75) is 32.1 Å². The Morgan fingerprint density at radius 3 is 1.68 bits per heavy atom. The first-order valence-corrected chi connectivity index (χ1v) is 12.4. The third kappa shape index (κ3) is 6.96. The second-order valence-corrected chi connectivity index (χ2v) is 9.32. The average molecular weight is 632 g/mol. The summed E-state index contributed by atoms with van der Waals surface area (Å²) in [5.41, 5.74) is -5.36. The molecule has 4 rings (SSSR count). The van der Waals surface area contributed by atoms with E-state index in [1.807, 2.05) is 0 Å². The van der Waals surface area contributed by atoms with Gasteiger partial charge in [0.25, 0.3) is 0 Å². The first-order valence-electron chi connectivity index (χ1n) is 12.4. The smallest absolute Gasteiger partial charge is 0.429 e. The van der Waals surface area contributed by atoms with Gasteiger partial charge in [0.15, 0.2) is 0 Å². The third-order valence-corrected chi connectivity index (χ3v) is 6.13. The molecule has 0 aromatic heterocycles. The Kier molecular flexibility index (Phi) is 8.95. The molecule has 4 aromatic rings. The number of alkyl halides is 5. The second kappa shape index (κ2) is 12.2. The van der Waals surface area contributed by atoms with E-state index >= 15 is 0 Å². The van der Waals surface area contributed by atoms with Crippen LogP contribution in [0.1, 0.15) is 30.0 Å². The van der Waals surface area contributed by atoms with E-state index in [0.717, 1.165) is 12.1 Å². The molecule has 44 heavy (non-hydrogen) atoms. The number of benzene rings is 4. The van der Waals surface area contributed by atoms with E-state index in [0.29, 0.717) is 42.7 Å². The summed E-state index contributed by atoms with van der Waals surface area (Å²) < 4.78 is 172. The predicted molar refractivity (Wildman–Crippen MR) is 135 cm³/mol. The highest BCUT2D eigenvalue weighted by atomic mass is 19.4. The lowest BCUT2D eigenvalue weighted by Gasteiger charge is -2.20. The van der Waals surface area contributed by atoms with Crippen LogP contribution in [0, 0.1) is 52.6 Å². The normalized spacial score (nSPS) is 11.8. The molecule has 0 bridgehead atoms. The van der Waals surface area contributed by atoms with E-state index in [1.165, 1.54) is 5.92 Å². The van der Waals surface area contributed by atoms with Crippen LogP contribution in [-0.2, 0) is 12.5 Å². The molecule has 1 nitrogen and oxygen atoms in total. The summed E-state index contributed by atoms with van der Waals surface area (Å²) in [7, 11) is 0. The fraction of sp³-hybridized carbons (Fsp3) is 0.161. The highest BCUT2D eigenvalue weighted by Crippen LogP contribution is 2.39. The topological polar surface area (TPSA) is 9.23 Å². The molecule has 0 spiro atoms. The Bertz CT molecular complexity index is 1730. The summed E-state index contributed by atoms with van der Waals surface area (Å²) >= 11 is 0. The second-order valence-electron chi connectivity index (χ2n) is 9.32. The van der Waals surface area contributed by atoms with E-state index < -0.39 is 92.1 Å². The van der Waals surface area contributed by atoms with Gasteiger partial charge in [-0.25, -0.2) is 30.7 Å². The Labute approximate surface area is 241 Å². The molecule has 0 aliphatic carbocycles. The molecule has 230 valence electrons. The number of aryl methyl sites for hydroxylation is 1. The van der Waals surface area contributed by atoms with Gasteiger partial charge in [0.2, 0.25) is 0 Å². The number of rotatable bonds is 7. The minimum absolute atomic E-state index is 0.101. The molecule has 0 heterocycles. The van der Waals surface area contributed by atoms with Crippen molar-refractivity contribution < 1.29 is 57.4 Å². The van der Waals surface area contributed by atoms with Crippen LogP contribution in [0.25, 0.3) is 22.3 Å². The van der Waals surface area contributed by atoms with Crippen molar-refractivity contribution >= 4 is 0 Å². The number of hydrogen-bond acceptors (Lipinski definition) is 1. The summed E-state index contributed by atoms with van der Waals surface area (Å²) in [6.45, 7) is 1.70. The standard InChI is InChI=1S/C31H16F12O/c1-2-3-15-8-26(37)29(27(38)9-15)31(42,43)44-18-13-24(35)28(25(36)14-18)16-4-5-19(21(32)10-16)17-11-22(33)20(23(34)12-17)6-7-30(39,40)41/h4-5,8-14H,2-3H2,1H3. The van der Waals surface area contributed by atoms with Crippen molar-refractivity contribution in [2.24, 2.45) is 0 Å². The quantitative estimate of drug-likeness (QED) is 0.146. The Hall–Kier alpha value is -4.60. The van der Waals surface area contributed by atoms with Crippen molar-refractivity contribution in [1.29, 1.82) is 0 Å². The maximum atomic E-state index is 14.9. The Morgan fingerprint density at radius 1 is 0.636 bits per heavy atom. The van der Waals surface area contributed by atoms with Crippen LogP contribution >= 0.6 is 0 Å². The molecule has 0 atom stereocenters. The lowest BCUT2D eigenvalue weighted by Crippen LogP contribution is -2.25. The van der Waals surface area contributed by atoms with Crippen molar-refractivity contribution in [2.75, 3.05) is 0 Å². The van der Waals surface area contributed by atoms with Gasteiger partial charge in [-0.05, 0) is 53.4 Å². The zero-order chi connectivity index (χ0) is 32.6. The molecule has 0 saturated carbocycles. The fourth-order valence-corrected chi connectivity index (χ4v) is 4.31. The number of halogens is 12. The highest BCUT2D eigenvalue weighted by molar-refractivity contribution is 5.72. The molecule has 0 fully saturated rings. The lowest BCUT2D eigenvalue weighted by atomic mass is 9.97. The van der Waals surface area contributed by atoms with E-state index in [1.54, 1.807) is 6.92 Å². The van der Waals surface area contributed by atoms with Crippen LogP contribution in [0.2, 0.25) is 0 Å². The Balaban J connectivity index is 1.64. The zero-order valence-corrected chi connectivity index (χ0v) is 22.1. The van der Waals surface area contributed by atoms with Crippen LogP contribution < -0.4 is 4.74 Å². The van der Waals surface area contributed by atoms with E-state index in [-0.39, 0.29) is 24.1 Å². The van der Waals surface area contributed by atoms with Gasteiger partial charge in [0, 0.05) is 23.6 Å². The van der Waals surface area contributed by atoms with Gasteiger partial charge in [0.1, 0.15) is 52.0 Å². The summed E-state index contributed by atoms with van der Waals surface area (Å²) in [5.74, 6) is -9.91. The van der Waals surface area contributed by atoms with Crippen LogP contribution in [0.4, 0.5) is 52.7 Å². The molecule has 0 N–H and O–H groups in total. The maximum Gasteiger partial charge on any atom is 0.458 e. The van der Waals surface area contributed by atoms with Gasteiger partial charge >= 0.3 is 12.3 Å². The van der Waals surface area contributed by atoms with E-state index in [2.05, 4.69) is 4.74 Å². The summed E-state index contributed by atoms with van der Waals surface area (Å²) in [4.78, 5) is 0. The van der Waals surface area contributed by atoms with Gasteiger partial charge < -0.3 is 4.74 Å². The van der Waals surface area contributed by atoms with Gasteiger partial charge in [0.05, 0.1) is 11.1 Å². The molecule has 0 saturated heterocycles. The van der Waals surface area contributed by atoms with Gasteiger partial charge in [-0.2, -0.15) is 22.0 Å². The SMILES string of the molecule is CCCc1cc(F)c(C(F)(F)Oc2cc(F)c(-c3ccc(-c4cc(F)c(C#CC(F)(F)F)c(F)c4)c(F)c3)c(F)c2)c(F)c1. The number of hydrogen-bond donors (Lipinski definition) is 0. The first-order chi connectivity index (χ1) is 20.5. The molecule has 0 aliphatic rings. The predicted octanol–water partition coefficient (Wildman–Crippen LogP) is 9.99. The molecular formula is C31H16F12O.